The standard InChI is InChI=1S/C106H69B3N4O2/c1-106(2,3)72-60-87-95-88(61-72)113(101-75(68-38-18-8-19-39-68)46-27-47-76(101)69-40-20-9-21-41-69)92-63-90-97-105(115-94-57-55-71(65-32-12-5-13-33-65)59-84(94)108(97)82-51-29-49-80-78-43-23-25-53-86(78)111(90)103(80)82)99(92)109(95)98-91(112(87)100-73(66-34-14-6-15-35-66)44-26-45-74(100)67-36-16-7-17-37-67)62-89-96-104(98)114-93-56-54-70(64-30-10-4-11-31-64)58-83(93)107(96)81-50-28-48-79-77-42-22-24-52-85(77)110(89)102(79)81/h4-63H,1-3H3/i22D,23D,24D,25D,28D,29D,42D,43D,48D,49D,50D,51D,52D,53D,54D,55D,56D,57D,58D,59D. The van der Waals surface area contributed by atoms with Gasteiger partial charge in [0.2, 0.25) is 0 Å². The molecule has 6 nitrogen and oxygen atoms in total. The van der Waals surface area contributed by atoms with E-state index in [0.717, 1.165) is 27.8 Å². The second-order valence-corrected chi connectivity index (χ2v) is 31.2. The fraction of sp³-hybridized carbons (Fsp3) is 0.0377. The Bertz CT molecular complexity index is 8080. The van der Waals surface area contributed by atoms with Gasteiger partial charge in [0.1, 0.15) is 23.0 Å². The molecule has 17 aromatic carbocycles. The van der Waals surface area contributed by atoms with E-state index in [0.29, 0.717) is 73.0 Å². The van der Waals surface area contributed by atoms with Gasteiger partial charge in [-0.25, -0.2) is 0 Å². The smallest absolute Gasteiger partial charge is 0.261 e. The van der Waals surface area contributed by atoms with Crippen molar-refractivity contribution in [2.75, 3.05) is 9.80 Å². The summed E-state index contributed by atoms with van der Waals surface area (Å²) >= 11 is 0. The molecule has 0 radical (unpaired) electrons. The van der Waals surface area contributed by atoms with Crippen LogP contribution in [-0.2, 0) is 5.41 Å². The average molecular weight is 1480 g/mol. The first kappa shape index (κ1) is 47.8. The lowest BCUT2D eigenvalue weighted by molar-refractivity contribution is 0.490. The molecule has 6 aliphatic heterocycles. The number of anilines is 6. The summed E-state index contributed by atoms with van der Waals surface area (Å²) in [5, 5.41) is -0.412. The molecular weight excluding hydrogens is 1390 g/mol. The third-order valence-electron chi connectivity index (χ3n) is 24.2. The van der Waals surface area contributed by atoms with E-state index in [-0.39, 0.29) is 145 Å². The lowest BCUT2D eigenvalue weighted by atomic mass is 9.28. The molecule has 0 fully saturated rings. The van der Waals surface area contributed by atoms with Crippen molar-refractivity contribution in [3.63, 3.8) is 0 Å². The van der Waals surface area contributed by atoms with Crippen molar-refractivity contribution < 1.29 is 36.9 Å². The Hall–Kier alpha value is -14.3. The maximum atomic E-state index is 11.0. The topological polar surface area (TPSA) is 34.8 Å². The quantitative estimate of drug-likeness (QED) is 0.142. The summed E-state index contributed by atoms with van der Waals surface area (Å²) in [5.41, 5.74) is 11.3. The van der Waals surface area contributed by atoms with Crippen LogP contribution >= 0.6 is 0 Å². The van der Waals surface area contributed by atoms with Gasteiger partial charge in [-0.2, -0.15) is 0 Å². The number of aromatic nitrogens is 2. The minimum atomic E-state index is -1.51. The minimum absolute atomic E-state index is 0.00280. The van der Waals surface area contributed by atoms with Crippen molar-refractivity contribution in [2.24, 2.45) is 0 Å². The van der Waals surface area contributed by atoms with E-state index in [9.17, 15) is 27.4 Å². The fourth-order valence-electron chi connectivity index (χ4n) is 19.3. The van der Waals surface area contributed by atoms with Gasteiger partial charge in [-0.05, 0) is 153 Å². The summed E-state index contributed by atoms with van der Waals surface area (Å²) in [4.78, 5) is 4.42. The summed E-state index contributed by atoms with van der Waals surface area (Å²) in [7, 11) is 0. The minimum Gasteiger partial charge on any atom is -0.459 e. The Morgan fingerprint density at radius 2 is 0.626 bits per heavy atom. The van der Waals surface area contributed by atoms with Gasteiger partial charge in [-0.3, -0.25) is 0 Å². The van der Waals surface area contributed by atoms with Gasteiger partial charge in [0, 0.05) is 89.0 Å². The Balaban J connectivity index is 0.962. The third-order valence-corrected chi connectivity index (χ3v) is 24.2. The molecule has 8 heterocycles. The molecule has 0 bridgehead atoms. The molecule has 0 aliphatic carbocycles. The molecule has 115 heavy (non-hydrogen) atoms. The fourth-order valence-corrected chi connectivity index (χ4v) is 19.3. The maximum Gasteiger partial charge on any atom is 0.261 e. The zero-order chi connectivity index (χ0) is 93.0. The molecule has 0 saturated heterocycles. The van der Waals surface area contributed by atoms with E-state index < -0.39 is 134 Å². The molecule has 0 saturated carbocycles. The lowest BCUT2D eigenvalue weighted by Gasteiger charge is -2.49. The lowest BCUT2D eigenvalue weighted by Crippen LogP contribution is -2.67. The zero-order valence-electron chi connectivity index (χ0n) is 81.9. The van der Waals surface area contributed by atoms with Crippen molar-refractivity contribution in [3.8, 4) is 101 Å². The number of fused-ring (bicyclic) bond motifs is 20. The van der Waals surface area contributed by atoms with Crippen LogP contribution in [0.4, 0.5) is 34.1 Å². The van der Waals surface area contributed by atoms with Gasteiger partial charge in [-0.1, -0.05) is 336 Å². The average Bonchev–Trinajstić information content (AvgIpc) is 1.65. The van der Waals surface area contributed by atoms with Gasteiger partial charge < -0.3 is 28.4 Å². The molecular formula is C106H69B3N4O2. The number of rotatable bonds is 8. The van der Waals surface area contributed by atoms with Crippen LogP contribution in [0.2, 0.25) is 0 Å². The van der Waals surface area contributed by atoms with Gasteiger partial charge in [0.15, 0.2) is 0 Å². The highest BCUT2D eigenvalue weighted by molar-refractivity contribution is 7.05. The molecule has 0 unspecified atom stereocenters. The van der Waals surface area contributed by atoms with Crippen molar-refractivity contribution in [3.05, 3.63) is 369 Å². The largest absolute Gasteiger partial charge is 0.459 e. The van der Waals surface area contributed by atoms with Crippen LogP contribution in [-0.4, -0.2) is 29.3 Å². The maximum absolute atomic E-state index is 11.0. The molecule has 0 spiro atoms. The Kier molecular flexibility index (Phi) is 10.0. The van der Waals surface area contributed by atoms with Crippen LogP contribution in [0.15, 0.2) is 364 Å². The van der Waals surface area contributed by atoms with Crippen molar-refractivity contribution in [1.29, 1.82) is 0 Å². The van der Waals surface area contributed by atoms with Crippen LogP contribution in [0.3, 0.4) is 0 Å². The van der Waals surface area contributed by atoms with Crippen LogP contribution in [0.1, 0.15) is 53.7 Å². The number of nitrogens with zero attached hydrogens (tertiary/aromatic N) is 4. The summed E-state index contributed by atoms with van der Waals surface area (Å²) in [6.07, 6.45) is 0. The number of hydrogen-bond acceptors (Lipinski definition) is 4. The van der Waals surface area contributed by atoms with E-state index in [2.05, 4.69) is 67.0 Å². The molecule has 2 aromatic heterocycles. The highest BCUT2D eigenvalue weighted by Crippen LogP contribution is 2.57. The second-order valence-electron chi connectivity index (χ2n) is 31.2. The van der Waals surface area contributed by atoms with E-state index in [1.54, 1.807) is 69.8 Å². The molecule has 19 aromatic rings. The van der Waals surface area contributed by atoms with Crippen molar-refractivity contribution in [2.45, 2.75) is 26.2 Å². The summed E-state index contributed by atoms with van der Waals surface area (Å²) in [6, 6.07) is 67.5. The zero-order valence-corrected chi connectivity index (χ0v) is 61.9. The van der Waals surface area contributed by atoms with E-state index in [4.69, 9.17) is 9.47 Å². The van der Waals surface area contributed by atoms with E-state index in [1.165, 1.54) is 0 Å². The van der Waals surface area contributed by atoms with Gasteiger partial charge in [-0.15, -0.1) is 0 Å². The first-order valence-electron chi connectivity index (χ1n) is 48.6. The first-order valence-corrected chi connectivity index (χ1v) is 38.6. The van der Waals surface area contributed by atoms with Gasteiger partial charge >= 0.3 is 0 Å². The SMILES string of the molecule is [2H]c1c([2H])c(-c2ccccc2)c([2H])c2c1Oc1c3c(cc4c1B2c1c([2H])c([2H])c([2H])c2c5c([2H])c([2H])c([2H])c([2H])c5n-4c12)N(c1c(-c2ccccc2)cccc1-c1ccccc1)c1cc(C(C)(C)C)cc2c1B3c1c(cc3c4c1Oc1c([2H])c([2H])c(-c5ccccc5)c([2H])c1B4c1c([2H])c([2H])c([2H])c4c5c([2H])c([2H])c([2H])c([2H])c5n-3c14)N2c1c(-c2ccccc2)cccc1-c1ccccc1. The summed E-state index contributed by atoms with van der Waals surface area (Å²) in [5.74, 6) is -0.649. The predicted octanol–water partition coefficient (Wildman–Crippen LogP) is 21.1. The molecule has 0 N–H and O–H groups in total. The van der Waals surface area contributed by atoms with E-state index >= 15 is 0 Å². The van der Waals surface area contributed by atoms with Gasteiger partial charge in [0.05, 0.1) is 49.8 Å². The van der Waals surface area contributed by atoms with Crippen LogP contribution < -0.4 is 68.4 Å². The Morgan fingerprint density at radius 1 is 0.287 bits per heavy atom. The predicted molar refractivity (Wildman–Crippen MR) is 483 cm³/mol. The molecule has 0 atom stereocenters. The first-order chi connectivity index (χ1) is 65.1. The van der Waals surface area contributed by atoms with Crippen LogP contribution in [0.25, 0.3) is 122 Å². The third kappa shape index (κ3) is 9.09. The highest BCUT2D eigenvalue weighted by Gasteiger charge is 2.55. The number of benzene rings is 17. The number of ether oxygens (including phenoxy) is 2. The summed E-state index contributed by atoms with van der Waals surface area (Å²) < 4.78 is 225. The van der Waals surface area contributed by atoms with Crippen LogP contribution in [0.5, 0.6) is 23.0 Å². The number of hydrogen-bond donors (Lipinski definition) is 0. The van der Waals surface area contributed by atoms with Crippen molar-refractivity contribution >= 4 is 147 Å². The molecule has 25 rings (SSSR count). The highest BCUT2D eigenvalue weighted by atomic mass is 16.5. The number of para-hydroxylation sites is 6. The molecule has 9 heteroatoms. The van der Waals surface area contributed by atoms with E-state index in [1.807, 2.05) is 146 Å². The van der Waals surface area contributed by atoms with Crippen LogP contribution in [0, 0.1) is 0 Å². The Morgan fingerprint density at radius 3 is 1.00 bits per heavy atom. The Labute approximate surface area is 696 Å². The molecule has 0 amide bonds. The molecule has 534 valence electrons. The normalized spacial score (nSPS) is 15.8. The molecule has 6 aliphatic rings. The summed E-state index contributed by atoms with van der Waals surface area (Å²) in [6.45, 7) is 1.94. The second kappa shape index (κ2) is 24.1. The van der Waals surface area contributed by atoms with Gasteiger partial charge in [0.25, 0.3) is 20.1 Å². The monoisotopic (exact) mass is 1480 g/mol. The van der Waals surface area contributed by atoms with Crippen molar-refractivity contribution in [1.82, 2.24) is 9.13 Å².